The first-order valence-electron chi connectivity index (χ1n) is 10.6. The van der Waals surface area contributed by atoms with Gasteiger partial charge in [0.2, 0.25) is 12.0 Å². The number of rotatable bonds is 6. The third-order valence-electron chi connectivity index (χ3n) is 5.06. The number of ether oxygens (including phenoxy) is 4. The van der Waals surface area contributed by atoms with Crippen molar-refractivity contribution < 1.29 is 28.2 Å². The van der Waals surface area contributed by atoms with Gasteiger partial charge in [0.1, 0.15) is 13.2 Å². The second-order valence-corrected chi connectivity index (χ2v) is 8.63. The topological polar surface area (TPSA) is 119 Å². The van der Waals surface area contributed by atoms with E-state index in [0.717, 1.165) is 28.0 Å². The Balaban J connectivity index is 1.63. The molecule has 2 heterocycles. The highest BCUT2D eigenvalue weighted by molar-refractivity contribution is 5.76. The summed E-state index contributed by atoms with van der Waals surface area (Å²) in [6.07, 6.45) is -1.86. The Morgan fingerprint density at radius 2 is 1.82 bits per heavy atom. The molecule has 1 aliphatic heterocycles. The van der Waals surface area contributed by atoms with Gasteiger partial charge in [0.15, 0.2) is 11.5 Å². The summed E-state index contributed by atoms with van der Waals surface area (Å²) in [5.41, 5.74) is 8.45. The zero-order valence-corrected chi connectivity index (χ0v) is 19.1. The van der Waals surface area contributed by atoms with Gasteiger partial charge in [-0.1, -0.05) is 18.2 Å². The van der Waals surface area contributed by atoms with Crippen LogP contribution >= 0.6 is 0 Å². The van der Waals surface area contributed by atoms with E-state index >= 15 is 0 Å². The van der Waals surface area contributed by atoms with Crippen LogP contribution in [0.15, 0.2) is 40.8 Å². The summed E-state index contributed by atoms with van der Waals surface area (Å²) < 4.78 is 28.1. The van der Waals surface area contributed by atoms with Gasteiger partial charge in [-0.15, -0.1) is 10.2 Å². The number of hydrogen-bond donors (Lipinski definition) is 1. The minimum atomic E-state index is -0.950. The van der Waals surface area contributed by atoms with Gasteiger partial charge in [0.25, 0.3) is 5.89 Å². The van der Waals surface area contributed by atoms with Crippen molar-refractivity contribution in [1.82, 2.24) is 10.2 Å². The summed E-state index contributed by atoms with van der Waals surface area (Å²) in [6, 6.07) is 11.7. The van der Waals surface area contributed by atoms with Crippen molar-refractivity contribution >= 4 is 6.09 Å². The average Bonchev–Trinajstić information content (AvgIpc) is 3.25. The quantitative estimate of drug-likeness (QED) is 0.582. The molecular formula is C24H27N3O6. The number of carbonyl (C=O) groups is 1. The molecule has 2 aromatic carbocycles. The van der Waals surface area contributed by atoms with Crippen LogP contribution in [-0.4, -0.2) is 41.7 Å². The molecule has 1 amide bonds. The number of carbonyl (C=O) groups excluding carboxylic acids is 1. The lowest BCUT2D eigenvalue weighted by atomic mass is 9.96. The zero-order chi connectivity index (χ0) is 23.6. The van der Waals surface area contributed by atoms with Gasteiger partial charge in [-0.25, -0.2) is 4.79 Å². The van der Waals surface area contributed by atoms with Crippen LogP contribution < -0.4 is 15.2 Å². The van der Waals surface area contributed by atoms with Gasteiger partial charge in [-0.2, -0.15) is 0 Å². The highest BCUT2D eigenvalue weighted by atomic mass is 16.6. The van der Waals surface area contributed by atoms with Crippen LogP contribution in [0.2, 0.25) is 0 Å². The fraction of sp³-hybridized carbons (Fsp3) is 0.375. The molecule has 3 aromatic rings. The third kappa shape index (κ3) is 5.25. The number of benzene rings is 2. The van der Waals surface area contributed by atoms with E-state index in [1.807, 2.05) is 64.1 Å². The first kappa shape index (κ1) is 22.6. The summed E-state index contributed by atoms with van der Waals surface area (Å²) in [6.45, 7) is 8.74. The molecule has 1 atom stereocenters. The first-order chi connectivity index (χ1) is 15.7. The van der Waals surface area contributed by atoms with Crippen LogP contribution in [0.4, 0.5) is 4.79 Å². The maximum atomic E-state index is 11.4. The van der Waals surface area contributed by atoms with Crippen LogP contribution in [0.5, 0.6) is 11.5 Å². The normalized spacial score (nSPS) is 14.1. The molecule has 4 rings (SSSR count). The van der Waals surface area contributed by atoms with Gasteiger partial charge in [-0.05, 0) is 62.6 Å². The number of hydrogen-bond acceptors (Lipinski definition) is 8. The molecule has 0 spiro atoms. The predicted molar refractivity (Wildman–Crippen MR) is 120 cm³/mol. The van der Waals surface area contributed by atoms with Gasteiger partial charge in [-0.3, -0.25) is 0 Å². The molecule has 0 saturated carbocycles. The van der Waals surface area contributed by atoms with Gasteiger partial charge >= 0.3 is 6.09 Å². The van der Waals surface area contributed by atoms with Gasteiger partial charge in [0.05, 0.1) is 12.2 Å². The molecule has 9 heteroatoms. The van der Waals surface area contributed by atoms with E-state index in [9.17, 15) is 4.79 Å². The molecular weight excluding hydrogens is 426 g/mol. The molecule has 0 fully saturated rings. The lowest BCUT2D eigenvalue weighted by molar-refractivity contribution is -0.0588. The summed E-state index contributed by atoms with van der Waals surface area (Å²) in [4.78, 5) is 11.4. The molecule has 1 aromatic heterocycles. The van der Waals surface area contributed by atoms with Crippen LogP contribution in [-0.2, 0) is 9.47 Å². The summed E-state index contributed by atoms with van der Waals surface area (Å²) >= 11 is 0. The minimum Gasteiger partial charge on any atom is -0.486 e. The largest absolute Gasteiger partial charge is 0.486 e. The Bertz CT molecular complexity index is 1150. The predicted octanol–water partition coefficient (Wildman–Crippen LogP) is 4.43. The second-order valence-electron chi connectivity index (χ2n) is 8.63. The van der Waals surface area contributed by atoms with Crippen molar-refractivity contribution in [2.24, 2.45) is 5.73 Å². The molecule has 0 aliphatic carbocycles. The van der Waals surface area contributed by atoms with Crippen LogP contribution in [0.25, 0.3) is 22.6 Å². The maximum Gasteiger partial charge on any atom is 0.405 e. The number of nitrogens with two attached hydrogens (primary N) is 1. The lowest BCUT2D eigenvalue weighted by Gasteiger charge is -2.22. The Hall–Kier alpha value is -3.59. The van der Waals surface area contributed by atoms with Crippen molar-refractivity contribution in [2.75, 3.05) is 19.8 Å². The van der Waals surface area contributed by atoms with E-state index in [-0.39, 0.29) is 12.5 Å². The van der Waals surface area contributed by atoms with Crippen LogP contribution in [0, 0.1) is 6.92 Å². The Morgan fingerprint density at radius 1 is 1.09 bits per heavy atom. The Morgan fingerprint density at radius 3 is 2.55 bits per heavy atom. The summed E-state index contributed by atoms with van der Waals surface area (Å²) in [5, 5.41) is 8.26. The number of amides is 1. The fourth-order valence-electron chi connectivity index (χ4n) is 3.49. The van der Waals surface area contributed by atoms with Crippen LogP contribution in [0.3, 0.4) is 0 Å². The van der Waals surface area contributed by atoms with Crippen molar-refractivity contribution in [3.05, 3.63) is 47.9 Å². The van der Waals surface area contributed by atoms with Crippen molar-refractivity contribution in [2.45, 2.75) is 39.4 Å². The standard InChI is InChI=1S/C24H27N3O6/c1-14-16(15-8-9-18-19(12-15)30-11-10-29-18)6-5-7-17(14)21-26-27-22(33-21)20(32-23(25)28)13-31-24(2,3)4/h5-9,12,20H,10-11,13H2,1-4H3,(H2,25,28)/t20-/m1/s1. The first-order valence-corrected chi connectivity index (χ1v) is 10.6. The number of primary amides is 1. The molecule has 0 saturated heterocycles. The molecule has 0 bridgehead atoms. The van der Waals surface area contributed by atoms with E-state index < -0.39 is 17.8 Å². The molecule has 33 heavy (non-hydrogen) atoms. The lowest BCUT2D eigenvalue weighted by Crippen LogP contribution is -2.27. The van der Waals surface area contributed by atoms with Gasteiger partial charge in [0, 0.05) is 5.56 Å². The molecule has 2 N–H and O–H groups in total. The number of fused-ring (bicyclic) bond motifs is 1. The van der Waals surface area contributed by atoms with Crippen molar-refractivity contribution in [1.29, 1.82) is 0 Å². The second kappa shape index (κ2) is 9.11. The van der Waals surface area contributed by atoms with E-state index in [1.54, 1.807) is 0 Å². The molecule has 1 aliphatic rings. The molecule has 0 radical (unpaired) electrons. The van der Waals surface area contributed by atoms with Crippen molar-refractivity contribution in [3.63, 3.8) is 0 Å². The molecule has 9 nitrogen and oxygen atoms in total. The number of nitrogens with zero attached hydrogens (tertiary/aromatic N) is 2. The summed E-state index contributed by atoms with van der Waals surface area (Å²) in [7, 11) is 0. The Labute approximate surface area is 191 Å². The average molecular weight is 453 g/mol. The van der Waals surface area contributed by atoms with E-state index in [1.165, 1.54) is 0 Å². The summed E-state index contributed by atoms with van der Waals surface area (Å²) in [5.74, 6) is 1.86. The smallest absolute Gasteiger partial charge is 0.405 e. The number of aromatic nitrogens is 2. The van der Waals surface area contributed by atoms with E-state index in [4.69, 9.17) is 29.1 Å². The highest BCUT2D eigenvalue weighted by Crippen LogP contribution is 2.37. The third-order valence-corrected chi connectivity index (χ3v) is 5.06. The fourth-order valence-corrected chi connectivity index (χ4v) is 3.49. The zero-order valence-electron chi connectivity index (χ0n) is 19.1. The van der Waals surface area contributed by atoms with Gasteiger partial charge < -0.3 is 29.1 Å². The van der Waals surface area contributed by atoms with Crippen LogP contribution in [0.1, 0.15) is 38.3 Å². The van der Waals surface area contributed by atoms with Crippen molar-refractivity contribution in [3.8, 4) is 34.1 Å². The molecule has 0 unspecified atom stereocenters. The monoisotopic (exact) mass is 453 g/mol. The van der Waals surface area contributed by atoms with E-state index in [0.29, 0.717) is 24.9 Å². The SMILES string of the molecule is Cc1c(-c2ccc3c(c2)OCCO3)cccc1-c1nnc([C@@H](COC(C)(C)C)OC(N)=O)o1. The highest BCUT2D eigenvalue weighted by Gasteiger charge is 2.26. The minimum absolute atomic E-state index is 0.0320. The Kier molecular flexibility index (Phi) is 6.24. The molecule has 174 valence electrons. The maximum absolute atomic E-state index is 11.4. The van der Waals surface area contributed by atoms with E-state index in [2.05, 4.69) is 10.2 Å².